The van der Waals surface area contributed by atoms with Crippen LogP contribution in [0.4, 0.5) is 5.69 Å². The molecule has 1 atom stereocenters. The molecule has 1 amide bonds. The highest BCUT2D eigenvalue weighted by atomic mass is 16.4. The highest BCUT2D eigenvalue weighted by Gasteiger charge is 2.19. The number of nitrogen functional groups attached to an aromatic ring is 1. The van der Waals surface area contributed by atoms with Gasteiger partial charge in [-0.15, -0.1) is 0 Å². The lowest BCUT2D eigenvalue weighted by atomic mass is 10.1. The van der Waals surface area contributed by atoms with Crippen LogP contribution in [0.5, 0.6) is 0 Å². The van der Waals surface area contributed by atoms with Crippen molar-refractivity contribution in [1.29, 1.82) is 0 Å². The number of nitrogens with one attached hydrogen (secondary N) is 1. The molecule has 0 aliphatic carbocycles. The van der Waals surface area contributed by atoms with E-state index in [1.165, 1.54) is 12.1 Å². The van der Waals surface area contributed by atoms with Gasteiger partial charge in [-0.1, -0.05) is 11.8 Å². The third kappa shape index (κ3) is 5.41. The van der Waals surface area contributed by atoms with E-state index in [9.17, 15) is 9.59 Å². The molecule has 6 nitrogen and oxygen atoms in total. The van der Waals surface area contributed by atoms with Crippen LogP contribution in [0.15, 0.2) is 48.5 Å². The van der Waals surface area contributed by atoms with Crippen molar-refractivity contribution in [3.05, 3.63) is 65.2 Å². The summed E-state index contributed by atoms with van der Waals surface area (Å²) in [4.78, 5) is 22.7. The Bertz CT molecular complexity index is 911. The van der Waals surface area contributed by atoms with Gasteiger partial charge in [0, 0.05) is 22.4 Å². The molecule has 0 heterocycles. The Labute approximate surface area is 150 Å². The zero-order valence-electron chi connectivity index (χ0n) is 13.7. The second-order valence-corrected chi connectivity index (χ2v) is 5.25. The third-order valence-electron chi connectivity index (χ3n) is 3.32. The molecule has 0 aliphatic heterocycles. The molecule has 2 aromatic carbocycles. The van der Waals surface area contributed by atoms with Crippen LogP contribution < -0.4 is 11.1 Å². The Hall–Kier alpha value is -3.74. The van der Waals surface area contributed by atoms with Gasteiger partial charge in [0.1, 0.15) is 0 Å². The van der Waals surface area contributed by atoms with Crippen LogP contribution in [0.3, 0.4) is 0 Å². The van der Waals surface area contributed by atoms with Crippen molar-refractivity contribution in [1.82, 2.24) is 5.32 Å². The molecular weight excluding hydrogens is 332 g/mol. The number of carbonyl (C=O) groups is 2. The molecule has 2 rings (SSSR count). The van der Waals surface area contributed by atoms with E-state index in [0.29, 0.717) is 11.3 Å². The molecule has 0 radical (unpaired) electrons. The number of aliphatic hydroxyl groups is 1. The van der Waals surface area contributed by atoms with Gasteiger partial charge >= 0.3 is 5.97 Å². The Morgan fingerprint density at radius 3 is 1.92 bits per heavy atom. The molecule has 2 aromatic rings. The number of carboxylic acid groups (broad SMARTS) is 1. The third-order valence-corrected chi connectivity index (χ3v) is 3.32. The number of rotatable bonds is 4. The number of aliphatic carboxylic acids is 1. The fourth-order valence-corrected chi connectivity index (χ4v) is 1.91. The zero-order valence-corrected chi connectivity index (χ0v) is 13.7. The van der Waals surface area contributed by atoms with E-state index in [0.717, 1.165) is 5.56 Å². The number of amides is 1. The second-order valence-electron chi connectivity index (χ2n) is 5.25. The molecule has 0 aliphatic rings. The highest BCUT2D eigenvalue weighted by Crippen LogP contribution is 2.05. The first-order valence-corrected chi connectivity index (χ1v) is 7.62. The average molecular weight is 348 g/mol. The number of aliphatic hydroxyl groups excluding tert-OH is 1. The minimum atomic E-state index is -1.34. The van der Waals surface area contributed by atoms with Crippen LogP contribution in [0.25, 0.3) is 0 Å². The Balaban J connectivity index is 2.01. The lowest BCUT2D eigenvalue weighted by Gasteiger charge is -2.11. The van der Waals surface area contributed by atoms with E-state index in [2.05, 4.69) is 29.0 Å². The van der Waals surface area contributed by atoms with Gasteiger partial charge in [0.05, 0.1) is 6.61 Å². The topological polar surface area (TPSA) is 113 Å². The van der Waals surface area contributed by atoms with Gasteiger partial charge in [0.15, 0.2) is 6.04 Å². The van der Waals surface area contributed by atoms with Gasteiger partial charge < -0.3 is 21.3 Å². The van der Waals surface area contributed by atoms with E-state index in [1.54, 1.807) is 36.4 Å². The molecule has 130 valence electrons. The van der Waals surface area contributed by atoms with E-state index in [-0.39, 0.29) is 5.56 Å². The fourth-order valence-electron chi connectivity index (χ4n) is 1.91. The molecule has 0 fully saturated rings. The van der Waals surface area contributed by atoms with Gasteiger partial charge in [-0.25, -0.2) is 4.79 Å². The highest BCUT2D eigenvalue weighted by molar-refractivity contribution is 5.96. The van der Waals surface area contributed by atoms with Crippen molar-refractivity contribution >= 4 is 17.6 Å². The van der Waals surface area contributed by atoms with Crippen LogP contribution in [0.1, 0.15) is 21.5 Å². The molecule has 6 heteroatoms. The van der Waals surface area contributed by atoms with Crippen molar-refractivity contribution in [3.8, 4) is 23.7 Å². The average Bonchev–Trinajstić information content (AvgIpc) is 2.64. The van der Waals surface area contributed by atoms with Crippen LogP contribution >= 0.6 is 0 Å². The predicted molar refractivity (Wildman–Crippen MR) is 97.0 cm³/mol. The molecule has 26 heavy (non-hydrogen) atoms. The number of benzene rings is 2. The Morgan fingerprint density at radius 1 is 0.962 bits per heavy atom. The number of hydrogen-bond donors (Lipinski definition) is 4. The maximum atomic E-state index is 11.9. The van der Waals surface area contributed by atoms with Crippen LogP contribution in [0, 0.1) is 23.7 Å². The van der Waals surface area contributed by atoms with E-state index in [4.69, 9.17) is 15.9 Å². The molecule has 0 saturated heterocycles. The van der Waals surface area contributed by atoms with Gasteiger partial charge in [0.2, 0.25) is 0 Å². The molecule has 0 aromatic heterocycles. The summed E-state index contributed by atoms with van der Waals surface area (Å²) in [6.45, 7) is -0.683. The van der Waals surface area contributed by atoms with Crippen molar-refractivity contribution in [3.63, 3.8) is 0 Å². The van der Waals surface area contributed by atoms with Crippen LogP contribution in [-0.4, -0.2) is 34.7 Å². The first-order valence-electron chi connectivity index (χ1n) is 7.62. The summed E-state index contributed by atoms with van der Waals surface area (Å²) in [7, 11) is 0. The molecule has 0 saturated carbocycles. The number of carbonyl (C=O) groups excluding carboxylic acids is 1. The largest absolute Gasteiger partial charge is 0.480 e. The van der Waals surface area contributed by atoms with E-state index < -0.39 is 24.5 Å². The predicted octanol–water partition coefficient (Wildman–Crippen LogP) is 0.847. The molecule has 0 unspecified atom stereocenters. The first kappa shape index (κ1) is 18.6. The van der Waals surface area contributed by atoms with Crippen molar-refractivity contribution in [2.45, 2.75) is 6.04 Å². The summed E-state index contributed by atoms with van der Waals surface area (Å²) >= 11 is 0. The summed E-state index contributed by atoms with van der Waals surface area (Å²) in [6.07, 6.45) is 0. The minimum Gasteiger partial charge on any atom is -0.480 e. The van der Waals surface area contributed by atoms with Crippen molar-refractivity contribution < 1.29 is 19.8 Å². The monoisotopic (exact) mass is 348 g/mol. The smallest absolute Gasteiger partial charge is 0.328 e. The van der Waals surface area contributed by atoms with Crippen LogP contribution in [0.2, 0.25) is 0 Å². The zero-order chi connectivity index (χ0) is 18.9. The van der Waals surface area contributed by atoms with Gasteiger partial charge in [-0.05, 0) is 60.4 Å². The van der Waals surface area contributed by atoms with Gasteiger partial charge in [-0.3, -0.25) is 4.79 Å². The van der Waals surface area contributed by atoms with Gasteiger partial charge in [-0.2, -0.15) is 0 Å². The van der Waals surface area contributed by atoms with E-state index in [1.807, 2.05) is 0 Å². The Morgan fingerprint density at radius 2 is 1.46 bits per heavy atom. The quantitative estimate of drug-likeness (QED) is 0.483. The standard InChI is InChI=1S/C20H16N2O4/c21-17-11-7-15(8-12-17)4-2-1-3-14-5-9-16(10-6-14)19(24)22-18(13-23)20(25)26/h5-12,18,23H,13,21H2,(H,22,24)(H,25,26)/t18-/m0/s1. The summed E-state index contributed by atoms with van der Waals surface area (Å²) in [5.74, 6) is 9.29. The minimum absolute atomic E-state index is 0.267. The first-order chi connectivity index (χ1) is 12.5. The maximum absolute atomic E-state index is 11.9. The number of nitrogens with two attached hydrogens (primary N) is 1. The molecule has 0 bridgehead atoms. The van der Waals surface area contributed by atoms with Crippen molar-refractivity contribution in [2.75, 3.05) is 12.3 Å². The normalized spacial score (nSPS) is 10.5. The summed E-state index contributed by atoms with van der Waals surface area (Å²) in [6, 6.07) is 12.1. The molecule has 5 N–H and O–H groups in total. The number of carboxylic acids is 1. The van der Waals surface area contributed by atoms with Gasteiger partial charge in [0.25, 0.3) is 5.91 Å². The summed E-state index contributed by atoms with van der Waals surface area (Å²) < 4.78 is 0. The van der Waals surface area contributed by atoms with Crippen LogP contribution in [-0.2, 0) is 4.79 Å². The number of anilines is 1. The lowest BCUT2D eigenvalue weighted by Crippen LogP contribution is -2.43. The molecular formula is C20H16N2O4. The lowest BCUT2D eigenvalue weighted by molar-refractivity contribution is -0.140. The maximum Gasteiger partial charge on any atom is 0.328 e. The fraction of sp³-hybridized carbons (Fsp3) is 0.100. The summed E-state index contributed by atoms with van der Waals surface area (Å²) in [5.41, 5.74) is 7.99. The summed E-state index contributed by atoms with van der Waals surface area (Å²) in [5, 5.41) is 20.0. The Kier molecular flexibility index (Phi) is 6.39. The van der Waals surface area contributed by atoms with Crippen molar-refractivity contribution in [2.24, 2.45) is 0 Å². The second kappa shape index (κ2) is 8.93. The SMILES string of the molecule is Nc1ccc(C#CC#Cc2ccc(C(=O)N[C@@H](CO)C(=O)O)cc2)cc1. The van der Waals surface area contributed by atoms with E-state index >= 15 is 0 Å². The number of hydrogen-bond acceptors (Lipinski definition) is 4. The molecule has 0 spiro atoms.